The summed E-state index contributed by atoms with van der Waals surface area (Å²) in [6, 6.07) is 2.33. The fourth-order valence-electron chi connectivity index (χ4n) is 2.03. The van der Waals surface area contributed by atoms with Gasteiger partial charge in [-0.25, -0.2) is 0 Å². The molecule has 0 aromatic carbocycles. The third-order valence-electron chi connectivity index (χ3n) is 2.93. The van der Waals surface area contributed by atoms with Gasteiger partial charge in [-0.3, -0.25) is 16.0 Å². The van der Waals surface area contributed by atoms with E-state index in [0.717, 1.165) is 18.5 Å². The molecule has 2 aromatic heterocycles. The first kappa shape index (κ1) is 12.3. The van der Waals surface area contributed by atoms with E-state index in [2.05, 4.69) is 27.4 Å². The molecule has 0 aliphatic heterocycles. The number of nitrogens with two attached hydrogens (primary N) is 1. The van der Waals surface area contributed by atoms with E-state index in [4.69, 9.17) is 5.84 Å². The Morgan fingerprint density at radius 1 is 1.59 bits per heavy atom. The van der Waals surface area contributed by atoms with Crippen LogP contribution in [0.25, 0.3) is 0 Å². The highest BCUT2D eigenvalue weighted by molar-refractivity contribution is 7.07. The highest BCUT2D eigenvalue weighted by Crippen LogP contribution is 2.21. The lowest BCUT2D eigenvalue weighted by Crippen LogP contribution is -2.28. The zero-order valence-corrected chi connectivity index (χ0v) is 11.0. The predicted octanol–water partition coefficient (Wildman–Crippen LogP) is 1.93. The van der Waals surface area contributed by atoms with Crippen molar-refractivity contribution in [2.24, 2.45) is 12.9 Å². The molecule has 0 spiro atoms. The maximum absolute atomic E-state index is 5.64. The van der Waals surface area contributed by atoms with Crippen LogP contribution < -0.4 is 11.3 Å². The zero-order valence-electron chi connectivity index (χ0n) is 10.2. The van der Waals surface area contributed by atoms with Gasteiger partial charge in [0.25, 0.3) is 0 Å². The van der Waals surface area contributed by atoms with Gasteiger partial charge in [-0.15, -0.1) is 0 Å². The minimum atomic E-state index is 0.170. The highest BCUT2D eigenvalue weighted by Gasteiger charge is 2.15. The number of aryl methyl sites for hydroxylation is 3. The molecule has 4 nitrogen and oxygen atoms in total. The van der Waals surface area contributed by atoms with Gasteiger partial charge in [-0.05, 0) is 42.2 Å². The summed E-state index contributed by atoms with van der Waals surface area (Å²) in [5, 5.41) is 8.64. The van der Waals surface area contributed by atoms with Crippen LogP contribution in [0.2, 0.25) is 0 Å². The average molecular weight is 250 g/mol. The Hall–Kier alpha value is -1.17. The molecule has 17 heavy (non-hydrogen) atoms. The molecule has 0 saturated heterocycles. The van der Waals surface area contributed by atoms with Crippen molar-refractivity contribution >= 4 is 11.3 Å². The van der Waals surface area contributed by atoms with Gasteiger partial charge >= 0.3 is 0 Å². The molecule has 0 radical (unpaired) electrons. The lowest BCUT2D eigenvalue weighted by molar-refractivity contribution is 0.514. The molecule has 0 bridgehead atoms. The second kappa shape index (κ2) is 5.44. The summed E-state index contributed by atoms with van der Waals surface area (Å²) in [4.78, 5) is 0. The van der Waals surface area contributed by atoms with Crippen LogP contribution >= 0.6 is 11.3 Å². The lowest BCUT2D eigenvalue weighted by Gasteiger charge is -2.14. The lowest BCUT2D eigenvalue weighted by atomic mass is 10.0. The maximum atomic E-state index is 5.64. The van der Waals surface area contributed by atoms with Crippen molar-refractivity contribution in [1.29, 1.82) is 0 Å². The van der Waals surface area contributed by atoms with Gasteiger partial charge in [0.2, 0.25) is 0 Å². The molecule has 2 heterocycles. The van der Waals surface area contributed by atoms with Crippen LogP contribution in [0.4, 0.5) is 0 Å². The van der Waals surface area contributed by atoms with E-state index in [0.29, 0.717) is 0 Å². The number of nitrogens with one attached hydrogen (secondary N) is 1. The molecule has 1 atom stereocenters. The monoisotopic (exact) mass is 250 g/mol. The third kappa shape index (κ3) is 2.94. The molecular formula is C12H18N4S. The Bertz CT molecular complexity index is 461. The molecule has 0 aliphatic carbocycles. The first-order valence-corrected chi connectivity index (χ1v) is 6.62. The second-order valence-electron chi connectivity index (χ2n) is 4.23. The predicted molar refractivity (Wildman–Crippen MR) is 70.6 cm³/mol. The summed E-state index contributed by atoms with van der Waals surface area (Å²) in [5.74, 6) is 5.64. The van der Waals surface area contributed by atoms with E-state index >= 15 is 0 Å². The number of aromatic nitrogens is 2. The van der Waals surface area contributed by atoms with Gasteiger partial charge < -0.3 is 0 Å². The van der Waals surface area contributed by atoms with Crippen molar-refractivity contribution < 1.29 is 0 Å². The fraction of sp³-hybridized carbons (Fsp3) is 0.417. The smallest absolute Gasteiger partial charge is 0.0641 e. The van der Waals surface area contributed by atoms with Crippen molar-refractivity contribution in [3.05, 3.63) is 39.8 Å². The van der Waals surface area contributed by atoms with Gasteiger partial charge in [0.1, 0.15) is 0 Å². The Morgan fingerprint density at radius 3 is 2.94 bits per heavy atom. The van der Waals surface area contributed by atoms with Crippen LogP contribution in [0.15, 0.2) is 23.0 Å². The maximum Gasteiger partial charge on any atom is 0.0641 e. The van der Waals surface area contributed by atoms with Crippen LogP contribution in [0.1, 0.15) is 29.3 Å². The molecule has 92 valence electrons. The van der Waals surface area contributed by atoms with Crippen LogP contribution in [0.3, 0.4) is 0 Å². The summed E-state index contributed by atoms with van der Waals surface area (Å²) >= 11 is 1.73. The molecule has 2 rings (SSSR count). The Kier molecular flexibility index (Phi) is 3.93. The number of rotatable bonds is 5. The summed E-state index contributed by atoms with van der Waals surface area (Å²) in [6.45, 7) is 2.02. The fourth-order valence-corrected chi connectivity index (χ4v) is 2.74. The van der Waals surface area contributed by atoms with Crippen molar-refractivity contribution in [2.75, 3.05) is 0 Å². The quantitative estimate of drug-likeness (QED) is 0.630. The molecule has 3 N–H and O–H groups in total. The SMILES string of the molecule is Cc1nn(C)cc1C(CCc1ccsc1)NN. The molecule has 0 fully saturated rings. The van der Waals surface area contributed by atoms with Crippen LogP contribution in [0, 0.1) is 6.92 Å². The molecule has 0 saturated carbocycles. The summed E-state index contributed by atoms with van der Waals surface area (Å²) in [7, 11) is 1.93. The van der Waals surface area contributed by atoms with E-state index in [1.54, 1.807) is 11.3 Å². The zero-order chi connectivity index (χ0) is 12.3. The Labute approximate surface area is 105 Å². The van der Waals surface area contributed by atoms with Crippen molar-refractivity contribution in [1.82, 2.24) is 15.2 Å². The standard InChI is InChI=1S/C12H18N4S/c1-9-11(7-16(2)15-9)12(14-13)4-3-10-5-6-17-8-10/h5-8,12,14H,3-4,13H2,1-2H3. The number of hydrogen-bond acceptors (Lipinski definition) is 4. The minimum absolute atomic E-state index is 0.170. The largest absolute Gasteiger partial charge is 0.275 e. The highest BCUT2D eigenvalue weighted by atomic mass is 32.1. The van der Waals surface area contributed by atoms with Crippen molar-refractivity contribution in [3.63, 3.8) is 0 Å². The number of hydrazine groups is 1. The van der Waals surface area contributed by atoms with E-state index in [1.165, 1.54) is 11.1 Å². The molecule has 0 amide bonds. The first-order chi connectivity index (χ1) is 8.20. The normalized spacial score (nSPS) is 12.9. The number of nitrogens with zero attached hydrogens (tertiary/aromatic N) is 2. The van der Waals surface area contributed by atoms with E-state index in [9.17, 15) is 0 Å². The number of thiophene rings is 1. The summed E-state index contributed by atoms with van der Waals surface area (Å²) < 4.78 is 1.83. The van der Waals surface area contributed by atoms with Gasteiger partial charge in [-0.1, -0.05) is 0 Å². The van der Waals surface area contributed by atoms with E-state index < -0.39 is 0 Å². The molecule has 1 unspecified atom stereocenters. The average Bonchev–Trinajstić information content (AvgIpc) is 2.90. The van der Waals surface area contributed by atoms with Crippen LogP contribution in [-0.2, 0) is 13.5 Å². The van der Waals surface area contributed by atoms with Crippen molar-refractivity contribution in [2.45, 2.75) is 25.8 Å². The van der Waals surface area contributed by atoms with E-state index in [-0.39, 0.29) is 6.04 Å². The molecule has 0 aliphatic rings. The molecule has 5 heteroatoms. The third-order valence-corrected chi connectivity index (χ3v) is 3.66. The van der Waals surface area contributed by atoms with Gasteiger partial charge in [0, 0.05) is 24.8 Å². The van der Waals surface area contributed by atoms with Crippen LogP contribution in [-0.4, -0.2) is 9.78 Å². The molecular weight excluding hydrogens is 232 g/mol. The topological polar surface area (TPSA) is 55.9 Å². The van der Waals surface area contributed by atoms with Gasteiger partial charge in [0.05, 0.1) is 5.69 Å². The van der Waals surface area contributed by atoms with Gasteiger partial charge in [0.15, 0.2) is 0 Å². The molecule has 2 aromatic rings. The number of hydrogen-bond donors (Lipinski definition) is 2. The Morgan fingerprint density at radius 2 is 2.41 bits per heavy atom. The van der Waals surface area contributed by atoms with Gasteiger partial charge in [-0.2, -0.15) is 16.4 Å². The Balaban J connectivity index is 2.04. The summed E-state index contributed by atoms with van der Waals surface area (Å²) in [5.41, 5.74) is 6.48. The van der Waals surface area contributed by atoms with E-state index in [1.807, 2.05) is 24.9 Å². The minimum Gasteiger partial charge on any atom is -0.275 e. The van der Waals surface area contributed by atoms with Crippen molar-refractivity contribution in [3.8, 4) is 0 Å². The summed E-state index contributed by atoms with van der Waals surface area (Å²) in [6.07, 6.45) is 4.06. The van der Waals surface area contributed by atoms with Crippen LogP contribution in [0.5, 0.6) is 0 Å². The first-order valence-electron chi connectivity index (χ1n) is 5.68. The second-order valence-corrected chi connectivity index (χ2v) is 5.01.